The smallest absolute Gasteiger partial charge is 0.272 e. The van der Waals surface area contributed by atoms with Gasteiger partial charge in [-0.25, -0.2) is 5.10 Å². The topological polar surface area (TPSA) is 74.8 Å². The third kappa shape index (κ3) is 2.67. The predicted octanol–water partition coefficient (Wildman–Crippen LogP) is 1.85. The fourth-order valence-corrected chi connectivity index (χ4v) is 2.16. The average molecular weight is 279 g/mol. The Labute approximate surface area is 120 Å². The summed E-state index contributed by atoms with van der Waals surface area (Å²) in [6.07, 6.45) is 0. The summed E-state index contributed by atoms with van der Waals surface area (Å²) in [5.41, 5.74) is 0.990. The van der Waals surface area contributed by atoms with Crippen molar-refractivity contribution in [2.75, 3.05) is 0 Å². The highest BCUT2D eigenvalue weighted by atomic mass is 16.1. The van der Waals surface area contributed by atoms with E-state index < -0.39 is 0 Å². The molecule has 0 unspecified atom stereocenters. The molecule has 0 radical (unpaired) electrons. The molecule has 0 atom stereocenters. The van der Waals surface area contributed by atoms with Crippen molar-refractivity contribution in [1.29, 1.82) is 0 Å². The van der Waals surface area contributed by atoms with Gasteiger partial charge in [-0.2, -0.15) is 5.10 Å². The molecule has 3 rings (SSSR count). The fraction of sp³-hybridized carbons (Fsp3) is 0.0625. The minimum atomic E-state index is -0.233. The molecule has 0 bridgehead atoms. The van der Waals surface area contributed by atoms with E-state index in [0.29, 0.717) is 16.6 Å². The van der Waals surface area contributed by atoms with E-state index in [1.807, 2.05) is 30.3 Å². The van der Waals surface area contributed by atoms with Crippen molar-refractivity contribution in [3.05, 3.63) is 76.2 Å². The molecule has 0 saturated heterocycles. The van der Waals surface area contributed by atoms with Crippen molar-refractivity contribution < 1.29 is 4.79 Å². The first-order chi connectivity index (χ1) is 10.3. The number of amides is 1. The van der Waals surface area contributed by atoms with Crippen LogP contribution in [0.4, 0.5) is 0 Å². The third-order valence-corrected chi connectivity index (χ3v) is 3.23. The summed E-state index contributed by atoms with van der Waals surface area (Å²) >= 11 is 0. The Morgan fingerprint density at radius 1 is 1.00 bits per heavy atom. The predicted molar refractivity (Wildman–Crippen MR) is 80.0 cm³/mol. The number of nitrogens with zero attached hydrogens (tertiary/aromatic N) is 1. The van der Waals surface area contributed by atoms with Gasteiger partial charge in [0.2, 0.25) is 0 Å². The largest absolute Gasteiger partial charge is 0.346 e. The Kier molecular flexibility index (Phi) is 3.47. The number of carbonyl (C=O) groups excluding carboxylic acids is 1. The third-order valence-electron chi connectivity index (χ3n) is 3.23. The average Bonchev–Trinajstić information content (AvgIpc) is 2.55. The van der Waals surface area contributed by atoms with Gasteiger partial charge in [0.15, 0.2) is 0 Å². The van der Waals surface area contributed by atoms with Gasteiger partial charge < -0.3 is 5.32 Å². The molecule has 0 aliphatic carbocycles. The van der Waals surface area contributed by atoms with Crippen LogP contribution in [0.3, 0.4) is 0 Å². The molecule has 1 aromatic heterocycles. The Balaban J connectivity index is 1.85. The molecule has 0 spiro atoms. The number of rotatable bonds is 3. The molecule has 2 aromatic carbocycles. The van der Waals surface area contributed by atoms with Crippen molar-refractivity contribution >= 4 is 16.7 Å². The van der Waals surface area contributed by atoms with Crippen LogP contribution in [-0.4, -0.2) is 16.1 Å². The van der Waals surface area contributed by atoms with Gasteiger partial charge >= 0.3 is 0 Å². The molecule has 3 aromatic rings. The first kappa shape index (κ1) is 13.1. The van der Waals surface area contributed by atoms with Crippen molar-refractivity contribution in [2.45, 2.75) is 6.54 Å². The standard InChI is InChI=1S/C16H13N3O2/c20-15(11-6-2-1-3-7-11)17-10-14-12-8-4-5-9-13(12)16(21)19-18-14/h1-9H,10H2,(H,17,20)(H,19,21). The lowest BCUT2D eigenvalue weighted by Gasteiger charge is -2.07. The number of fused-ring (bicyclic) bond motifs is 1. The van der Waals surface area contributed by atoms with E-state index in [1.54, 1.807) is 24.3 Å². The minimum Gasteiger partial charge on any atom is -0.346 e. The molecule has 5 heteroatoms. The highest BCUT2D eigenvalue weighted by Crippen LogP contribution is 2.12. The van der Waals surface area contributed by atoms with E-state index in [9.17, 15) is 9.59 Å². The summed E-state index contributed by atoms with van der Waals surface area (Å²) in [6.45, 7) is 0.255. The van der Waals surface area contributed by atoms with Gasteiger partial charge in [-0.05, 0) is 18.2 Å². The lowest BCUT2D eigenvalue weighted by molar-refractivity contribution is 0.0950. The van der Waals surface area contributed by atoms with Gasteiger partial charge in [0.1, 0.15) is 0 Å². The highest BCUT2D eigenvalue weighted by Gasteiger charge is 2.08. The highest BCUT2D eigenvalue weighted by molar-refractivity contribution is 5.94. The van der Waals surface area contributed by atoms with Crippen LogP contribution in [0.2, 0.25) is 0 Å². The van der Waals surface area contributed by atoms with Gasteiger partial charge in [0.05, 0.1) is 17.6 Å². The summed E-state index contributed by atoms with van der Waals surface area (Å²) < 4.78 is 0. The zero-order chi connectivity index (χ0) is 14.7. The second-order valence-corrected chi connectivity index (χ2v) is 4.59. The number of benzene rings is 2. The van der Waals surface area contributed by atoms with Crippen molar-refractivity contribution in [3.63, 3.8) is 0 Å². The van der Waals surface area contributed by atoms with Gasteiger partial charge in [0.25, 0.3) is 11.5 Å². The molecule has 0 aliphatic heterocycles. The normalized spacial score (nSPS) is 10.5. The number of nitrogens with one attached hydrogen (secondary N) is 2. The molecular formula is C16H13N3O2. The molecule has 0 fully saturated rings. The lowest BCUT2D eigenvalue weighted by atomic mass is 10.1. The van der Waals surface area contributed by atoms with E-state index in [1.165, 1.54) is 0 Å². The molecule has 21 heavy (non-hydrogen) atoms. The van der Waals surface area contributed by atoms with Gasteiger partial charge in [-0.1, -0.05) is 36.4 Å². The number of carbonyl (C=O) groups is 1. The lowest BCUT2D eigenvalue weighted by Crippen LogP contribution is -2.24. The number of aromatic nitrogens is 2. The molecular weight excluding hydrogens is 266 g/mol. The maximum Gasteiger partial charge on any atom is 0.272 e. The summed E-state index contributed by atoms with van der Waals surface area (Å²) in [5, 5.41) is 10.6. The van der Waals surface area contributed by atoms with E-state index in [4.69, 9.17) is 0 Å². The monoisotopic (exact) mass is 279 g/mol. The van der Waals surface area contributed by atoms with Crippen LogP contribution in [0.1, 0.15) is 16.1 Å². The van der Waals surface area contributed by atoms with Gasteiger partial charge in [0, 0.05) is 10.9 Å². The van der Waals surface area contributed by atoms with Crippen LogP contribution in [0.5, 0.6) is 0 Å². The zero-order valence-electron chi connectivity index (χ0n) is 11.2. The molecule has 1 amide bonds. The Morgan fingerprint density at radius 3 is 2.43 bits per heavy atom. The summed E-state index contributed by atoms with van der Waals surface area (Å²) in [7, 11) is 0. The summed E-state index contributed by atoms with van der Waals surface area (Å²) in [5.74, 6) is -0.173. The Bertz CT molecular complexity index is 841. The van der Waals surface area contributed by atoms with Crippen LogP contribution in [0.15, 0.2) is 59.4 Å². The molecule has 0 aliphatic rings. The quantitative estimate of drug-likeness (QED) is 0.768. The molecule has 104 valence electrons. The maximum absolute atomic E-state index is 12.0. The first-order valence-corrected chi connectivity index (χ1v) is 6.55. The second-order valence-electron chi connectivity index (χ2n) is 4.59. The number of hydrogen-bond acceptors (Lipinski definition) is 3. The van der Waals surface area contributed by atoms with E-state index in [0.717, 1.165) is 5.39 Å². The fourth-order valence-electron chi connectivity index (χ4n) is 2.16. The van der Waals surface area contributed by atoms with Crippen LogP contribution < -0.4 is 10.9 Å². The van der Waals surface area contributed by atoms with Crippen molar-refractivity contribution in [2.24, 2.45) is 0 Å². The number of hydrogen-bond donors (Lipinski definition) is 2. The number of aromatic amines is 1. The van der Waals surface area contributed by atoms with Gasteiger partial charge in [-0.3, -0.25) is 9.59 Å². The maximum atomic E-state index is 12.0. The summed E-state index contributed by atoms with van der Waals surface area (Å²) in [6, 6.07) is 16.1. The van der Waals surface area contributed by atoms with E-state index >= 15 is 0 Å². The second kappa shape index (κ2) is 5.58. The van der Waals surface area contributed by atoms with E-state index in [-0.39, 0.29) is 18.0 Å². The van der Waals surface area contributed by atoms with Crippen LogP contribution in [-0.2, 0) is 6.54 Å². The van der Waals surface area contributed by atoms with Crippen LogP contribution in [0, 0.1) is 0 Å². The van der Waals surface area contributed by atoms with Crippen LogP contribution >= 0.6 is 0 Å². The summed E-state index contributed by atoms with van der Waals surface area (Å²) in [4.78, 5) is 23.7. The van der Waals surface area contributed by atoms with E-state index in [2.05, 4.69) is 15.5 Å². The molecule has 5 nitrogen and oxygen atoms in total. The van der Waals surface area contributed by atoms with Crippen molar-refractivity contribution in [3.8, 4) is 0 Å². The van der Waals surface area contributed by atoms with Crippen molar-refractivity contribution in [1.82, 2.24) is 15.5 Å². The first-order valence-electron chi connectivity index (χ1n) is 6.55. The van der Waals surface area contributed by atoms with Gasteiger partial charge in [-0.15, -0.1) is 0 Å². The number of H-pyrrole nitrogens is 1. The Hall–Kier alpha value is -2.95. The molecule has 2 N–H and O–H groups in total. The van der Waals surface area contributed by atoms with Crippen LogP contribution in [0.25, 0.3) is 10.8 Å². The molecule has 1 heterocycles. The Morgan fingerprint density at radius 2 is 1.67 bits per heavy atom. The zero-order valence-corrected chi connectivity index (χ0v) is 11.2. The molecule has 0 saturated carbocycles. The minimum absolute atomic E-state index is 0.173. The SMILES string of the molecule is O=C(NCc1n[nH]c(=O)c2ccccc12)c1ccccc1.